The molecule has 0 radical (unpaired) electrons. The van der Waals surface area contributed by atoms with Gasteiger partial charge in [-0.05, 0) is 86.8 Å². The maximum absolute atomic E-state index is 14.7. The Labute approximate surface area is 231 Å². The van der Waals surface area contributed by atoms with Crippen molar-refractivity contribution in [3.05, 3.63) is 82.9 Å². The van der Waals surface area contributed by atoms with Crippen LogP contribution in [0.5, 0.6) is 11.5 Å². The van der Waals surface area contributed by atoms with Crippen LogP contribution in [0.1, 0.15) is 36.4 Å². The number of hydrogen-bond donors (Lipinski definition) is 1. The summed E-state index contributed by atoms with van der Waals surface area (Å²) in [5, 5.41) is 10.8. The molecule has 198 valence electrons. The number of ether oxygens (including phenoxy) is 2. The standard InChI is InChI=1S/C30H31FN2O3S2/c1-18-13-19(2)33-29(32-18)37-17-23-16-27(21-8-10-25(35-5)26(15-21)36-6)38-28(23)22-7-9-24(31)20(14-22)11-12-30(3,4)34/h7-16,34H,17H2,1-6H3/b12-11+. The van der Waals surface area contributed by atoms with E-state index in [1.165, 1.54) is 6.07 Å². The van der Waals surface area contributed by atoms with Crippen molar-refractivity contribution in [3.63, 3.8) is 0 Å². The molecule has 0 saturated carbocycles. The van der Waals surface area contributed by atoms with E-state index in [9.17, 15) is 9.50 Å². The van der Waals surface area contributed by atoms with Crippen molar-refractivity contribution in [2.45, 2.75) is 44.2 Å². The fourth-order valence-electron chi connectivity index (χ4n) is 3.92. The summed E-state index contributed by atoms with van der Waals surface area (Å²) in [5.41, 5.74) is 4.22. The van der Waals surface area contributed by atoms with Crippen molar-refractivity contribution in [1.29, 1.82) is 0 Å². The van der Waals surface area contributed by atoms with Gasteiger partial charge in [-0.15, -0.1) is 11.3 Å². The summed E-state index contributed by atoms with van der Waals surface area (Å²) in [6, 6.07) is 15.1. The molecule has 0 fully saturated rings. The number of nitrogens with zero attached hydrogens (tertiary/aromatic N) is 2. The number of methoxy groups -OCH3 is 2. The van der Waals surface area contributed by atoms with E-state index in [1.54, 1.807) is 69.4 Å². The number of halogens is 1. The van der Waals surface area contributed by atoms with Crippen molar-refractivity contribution < 1.29 is 19.0 Å². The fourth-order valence-corrected chi connectivity index (χ4v) is 6.11. The van der Waals surface area contributed by atoms with Gasteiger partial charge in [-0.3, -0.25) is 0 Å². The molecule has 1 N–H and O–H groups in total. The lowest BCUT2D eigenvalue weighted by atomic mass is 10.0. The van der Waals surface area contributed by atoms with Gasteiger partial charge in [0.05, 0.1) is 19.8 Å². The Kier molecular flexibility index (Phi) is 8.55. The first-order chi connectivity index (χ1) is 18.1. The summed E-state index contributed by atoms with van der Waals surface area (Å²) >= 11 is 3.20. The number of rotatable bonds is 9. The lowest BCUT2D eigenvalue weighted by Gasteiger charge is -2.11. The lowest BCUT2D eigenvalue weighted by Crippen LogP contribution is -2.13. The van der Waals surface area contributed by atoms with E-state index in [0.717, 1.165) is 43.0 Å². The van der Waals surface area contributed by atoms with Crippen molar-refractivity contribution in [3.8, 4) is 32.4 Å². The van der Waals surface area contributed by atoms with Crippen molar-refractivity contribution in [2.75, 3.05) is 14.2 Å². The number of hydrogen-bond acceptors (Lipinski definition) is 7. The zero-order valence-corrected chi connectivity index (χ0v) is 24.0. The molecule has 2 aromatic heterocycles. The monoisotopic (exact) mass is 550 g/mol. The third kappa shape index (κ3) is 6.81. The molecule has 0 aliphatic rings. The van der Waals surface area contributed by atoms with Crippen LogP contribution in [0.25, 0.3) is 27.0 Å². The largest absolute Gasteiger partial charge is 0.493 e. The van der Waals surface area contributed by atoms with Crippen LogP contribution >= 0.6 is 23.1 Å². The highest BCUT2D eigenvalue weighted by Gasteiger charge is 2.17. The zero-order valence-electron chi connectivity index (χ0n) is 22.3. The van der Waals surface area contributed by atoms with E-state index in [1.807, 2.05) is 44.2 Å². The van der Waals surface area contributed by atoms with Crippen LogP contribution < -0.4 is 9.47 Å². The number of aryl methyl sites for hydroxylation is 2. The maximum Gasteiger partial charge on any atom is 0.188 e. The second kappa shape index (κ2) is 11.7. The maximum atomic E-state index is 14.7. The van der Waals surface area contributed by atoms with E-state index >= 15 is 0 Å². The van der Waals surface area contributed by atoms with E-state index < -0.39 is 5.60 Å². The van der Waals surface area contributed by atoms with Crippen LogP contribution in [0.3, 0.4) is 0 Å². The highest BCUT2D eigenvalue weighted by Crippen LogP contribution is 2.43. The molecule has 0 saturated heterocycles. The van der Waals surface area contributed by atoms with Gasteiger partial charge in [-0.1, -0.05) is 30.0 Å². The summed E-state index contributed by atoms with van der Waals surface area (Å²) in [6.45, 7) is 7.24. The minimum atomic E-state index is -1.04. The van der Waals surface area contributed by atoms with Crippen LogP contribution in [0.15, 0.2) is 59.8 Å². The Hall–Kier alpha value is -3.20. The normalized spacial score (nSPS) is 11.8. The smallest absolute Gasteiger partial charge is 0.188 e. The number of thiophene rings is 1. The average Bonchev–Trinajstić information content (AvgIpc) is 3.29. The third-order valence-electron chi connectivity index (χ3n) is 5.72. The van der Waals surface area contributed by atoms with Crippen LogP contribution in [0, 0.1) is 19.7 Å². The minimum absolute atomic E-state index is 0.342. The van der Waals surface area contributed by atoms with E-state index in [0.29, 0.717) is 22.8 Å². The van der Waals surface area contributed by atoms with Crippen LogP contribution in [0.4, 0.5) is 4.39 Å². The Morgan fingerprint density at radius 2 is 1.63 bits per heavy atom. The molecule has 0 spiro atoms. The molecule has 0 amide bonds. The molecule has 38 heavy (non-hydrogen) atoms. The van der Waals surface area contributed by atoms with Crippen molar-refractivity contribution in [2.24, 2.45) is 0 Å². The van der Waals surface area contributed by atoms with Gasteiger partial charge in [0.15, 0.2) is 16.7 Å². The first-order valence-corrected chi connectivity index (χ1v) is 13.9. The highest BCUT2D eigenvalue weighted by molar-refractivity contribution is 7.98. The molecule has 0 aliphatic heterocycles. The van der Waals surface area contributed by atoms with Crippen LogP contribution in [-0.2, 0) is 5.75 Å². The first kappa shape index (κ1) is 27.8. The number of aliphatic hydroxyl groups is 1. The second-order valence-electron chi connectivity index (χ2n) is 9.48. The third-order valence-corrected chi connectivity index (χ3v) is 7.90. The van der Waals surface area contributed by atoms with Gasteiger partial charge in [-0.2, -0.15) is 0 Å². The Morgan fingerprint density at radius 1 is 0.947 bits per heavy atom. The molecule has 0 atom stereocenters. The van der Waals surface area contributed by atoms with Gasteiger partial charge in [0, 0.05) is 32.5 Å². The molecule has 0 aliphatic carbocycles. The molecule has 5 nitrogen and oxygen atoms in total. The quantitative estimate of drug-likeness (QED) is 0.170. The molecule has 4 aromatic rings. The van der Waals surface area contributed by atoms with Gasteiger partial charge in [0.2, 0.25) is 0 Å². The minimum Gasteiger partial charge on any atom is -0.493 e. The SMILES string of the molecule is COc1ccc(-c2cc(CSc3nc(C)cc(C)n3)c(-c3ccc(F)c(/C=C/C(C)(C)O)c3)s2)cc1OC. The molecular weight excluding hydrogens is 519 g/mol. The molecule has 0 bridgehead atoms. The topological polar surface area (TPSA) is 64.5 Å². The van der Waals surface area contributed by atoms with E-state index in [2.05, 4.69) is 16.0 Å². The molecule has 0 unspecified atom stereocenters. The molecular formula is C30H31FN2O3S2. The van der Waals surface area contributed by atoms with Gasteiger partial charge in [0.25, 0.3) is 0 Å². The number of thioether (sulfide) groups is 1. The predicted molar refractivity (Wildman–Crippen MR) is 155 cm³/mol. The predicted octanol–water partition coefficient (Wildman–Crippen LogP) is 7.72. The van der Waals surface area contributed by atoms with Crippen LogP contribution in [-0.4, -0.2) is 34.9 Å². The summed E-state index contributed by atoms with van der Waals surface area (Å²) in [4.78, 5) is 11.2. The molecule has 2 heterocycles. The molecule has 2 aromatic carbocycles. The van der Waals surface area contributed by atoms with Gasteiger partial charge < -0.3 is 14.6 Å². The number of benzene rings is 2. The van der Waals surface area contributed by atoms with E-state index in [4.69, 9.17) is 9.47 Å². The first-order valence-electron chi connectivity index (χ1n) is 12.1. The van der Waals surface area contributed by atoms with Gasteiger partial charge in [0.1, 0.15) is 5.82 Å². The Bertz CT molecular complexity index is 1450. The van der Waals surface area contributed by atoms with E-state index in [-0.39, 0.29) is 5.82 Å². The van der Waals surface area contributed by atoms with Gasteiger partial charge in [-0.25, -0.2) is 14.4 Å². The Morgan fingerprint density at radius 3 is 2.29 bits per heavy atom. The fraction of sp³-hybridized carbons (Fsp3) is 0.267. The summed E-state index contributed by atoms with van der Waals surface area (Å²) in [5.74, 6) is 1.62. The highest BCUT2D eigenvalue weighted by atomic mass is 32.2. The summed E-state index contributed by atoms with van der Waals surface area (Å²) in [6.07, 6.45) is 3.21. The van der Waals surface area contributed by atoms with Crippen LogP contribution in [0.2, 0.25) is 0 Å². The van der Waals surface area contributed by atoms with Crippen molar-refractivity contribution >= 4 is 29.2 Å². The lowest BCUT2D eigenvalue weighted by molar-refractivity contribution is 0.134. The van der Waals surface area contributed by atoms with Crippen molar-refractivity contribution in [1.82, 2.24) is 9.97 Å². The summed E-state index contributed by atoms with van der Waals surface area (Å²) in [7, 11) is 3.23. The molecule has 4 rings (SSSR count). The zero-order chi connectivity index (χ0) is 27.4. The Balaban J connectivity index is 1.78. The average molecular weight is 551 g/mol. The summed E-state index contributed by atoms with van der Waals surface area (Å²) < 4.78 is 25.6. The van der Waals surface area contributed by atoms with Gasteiger partial charge >= 0.3 is 0 Å². The molecule has 8 heteroatoms. The second-order valence-corrected chi connectivity index (χ2v) is 11.5. The number of aromatic nitrogens is 2.